The molecule has 0 aromatic heterocycles. The minimum atomic E-state index is -4.72. The number of halogens is 3. The number of carbonyl (C=O) groups excluding carboxylic acids is 3. The molecule has 2 bridgehead atoms. The normalized spacial score (nSPS) is 28.4. The third kappa shape index (κ3) is 7.45. The van der Waals surface area contributed by atoms with E-state index in [4.69, 9.17) is 9.47 Å². The van der Waals surface area contributed by atoms with Gasteiger partial charge in [-0.1, -0.05) is 64.7 Å². The van der Waals surface area contributed by atoms with Gasteiger partial charge in [-0.05, 0) is 45.8 Å². The van der Waals surface area contributed by atoms with Crippen molar-refractivity contribution in [2.24, 2.45) is 22.7 Å². The van der Waals surface area contributed by atoms with Gasteiger partial charge in [0.2, 0.25) is 0 Å². The van der Waals surface area contributed by atoms with Crippen LogP contribution in [-0.4, -0.2) is 53.9 Å². The molecule has 0 aromatic rings. The Balaban J connectivity index is 1.39. The first-order valence-corrected chi connectivity index (χ1v) is 15.8. The van der Waals surface area contributed by atoms with Crippen molar-refractivity contribution in [3.8, 4) is 0 Å². The smallest absolute Gasteiger partial charge is 0.425 e. The number of hydrogen-bond donors (Lipinski definition) is 0. The highest BCUT2D eigenvalue weighted by atomic mass is 32.2. The summed E-state index contributed by atoms with van der Waals surface area (Å²) in [5.41, 5.74) is -2.48. The van der Waals surface area contributed by atoms with E-state index in [1.165, 1.54) is 57.8 Å². The summed E-state index contributed by atoms with van der Waals surface area (Å²) in [5.74, 6) is -1.86. The number of fused-ring (bicyclic) bond motifs is 1. The third-order valence-corrected chi connectivity index (χ3v) is 10.1. The average Bonchev–Trinajstić information content (AvgIpc) is 3.46. The Bertz CT molecular complexity index is 862. The molecule has 224 valence electrons. The summed E-state index contributed by atoms with van der Waals surface area (Å²) in [4.78, 5) is 38.5. The summed E-state index contributed by atoms with van der Waals surface area (Å²) in [6.07, 6.45) is 4.55. The zero-order valence-corrected chi connectivity index (χ0v) is 24.6. The summed E-state index contributed by atoms with van der Waals surface area (Å²) in [6.45, 7) is 6.62. The SMILES string of the molecule is CCCCCCCCCCCCSCC(C)(C)C(=O)OC1C2CC3C1OC(=O)C3(C(=O)OC(C)C(F)(F)F)C2. The average molecular weight is 579 g/mol. The van der Waals surface area contributed by atoms with Crippen molar-refractivity contribution in [1.29, 1.82) is 0 Å². The van der Waals surface area contributed by atoms with Crippen molar-refractivity contribution in [1.82, 2.24) is 0 Å². The summed E-state index contributed by atoms with van der Waals surface area (Å²) >= 11 is 1.73. The van der Waals surface area contributed by atoms with E-state index >= 15 is 0 Å². The fourth-order valence-electron chi connectivity index (χ4n) is 6.13. The first-order chi connectivity index (χ1) is 18.3. The van der Waals surface area contributed by atoms with Crippen molar-refractivity contribution >= 4 is 29.7 Å². The van der Waals surface area contributed by atoms with Crippen molar-refractivity contribution in [3.63, 3.8) is 0 Å². The fourth-order valence-corrected chi connectivity index (χ4v) is 7.31. The van der Waals surface area contributed by atoms with Gasteiger partial charge in [-0.25, -0.2) is 0 Å². The van der Waals surface area contributed by atoms with E-state index in [0.717, 1.165) is 19.1 Å². The van der Waals surface area contributed by atoms with Crippen LogP contribution in [0, 0.1) is 22.7 Å². The standard InChI is InChI=1S/C29H45F3O6S/c1-5-6-7-8-9-10-11-12-13-14-15-39-18-27(3,4)24(33)37-22-20-16-21-23(22)38-26(35)28(21,17-20)25(34)36-19(2)29(30,31)32/h19-23H,5-18H2,1-4H3. The highest BCUT2D eigenvalue weighted by molar-refractivity contribution is 7.99. The zero-order chi connectivity index (χ0) is 28.8. The molecule has 3 rings (SSSR count). The summed E-state index contributed by atoms with van der Waals surface area (Å²) < 4.78 is 54.7. The topological polar surface area (TPSA) is 78.9 Å². The predicted octanol–water partition coefficient (Wildman–Crippen LogP) is 7.02. The van der Waals surface area contributed by atoms with Gasteiger partial charge in [-0.15, -0.1) is 0 Å². The molecule has 10 heteroatoms. The molecule has 39 heavy (non-hydrogen) atoms. The molecular formula is C29H45F3O6S. The number of ether oxygens (including phenoxy) is 3. The molecule has 2 aliphatic carbocycles. The second-order valence-corrected chi connectivity index (χ2v) is 13.3. The molecule has 0 amide bonds. The zero-order valence-electron chi connectivity index (χ0n) is 23.8. The second-order valence-electron chi connectivity index (χ2n) is 12.2. The number of alkyl halides is 3. The Morgan fingerprint density at radius 1 is 1.05 bits per heavy atom. The van der Waals surface area contributed by atoms with Crippen molar-refractivity contribution in [2.45, 2.75) is 129 Å². The Hall–Kier alpha value is -1.45. The minimum absolute atomic E-state index is 0.0255. The molecule has 0 N–H and O–H groups in total. The lowest BCUT2D eigenvalue weighted by molar-refractivity contribution is -0.222. The molecule has 3 aliphatic rings. The van der Waals surface area contributed by atoms with Gasteiger partial charge in [0.25, 0.3) is 0 Å². The van der Waals surface area contributed by atoms with Crippen LogP contribution < -0.4 is 0 Å². The van der Waals surface area contributed by atoms with Gasteiger partial charge in [-0.3, -0.25) is 14.4 Å². The number of thioether (sulfide) groups is 1. The van der Waals surface area contributed by atoms with Crippen LogP contribution in [0.1, 0.15) is 105 Å². The maximum Gasteiger partial charge on any atom is 0.425 e. The van der Waals surface area contributed by atoms with Gasteiger partial charge in [0.1, 0.15) is 12.2 Å². The quantitative estimate of drug-likeness (QED) is 0.0794. The maximum absolute atomic E-state index is 13.1. The Kier molecular flexibility index (Phi) is 11.1. The van der Waals surface area contributed by atoms with Crippen molar-refractivity contribution < 1.29 is 41.8 Å². The maximum atomic E-state index is 13.1. The summed E-state index contributed by atoms with van der Waals surface area (Å²) in [5, 5.41) is 0. The lowest BCUT2D eigenvalue weighted by Gasteiger charge is -2.33. The molecule has 0 radical (unpaired) electrons. The van der Waals surface area contributed by atoms with Gasteiger partial charge in [-0.2, -0.15) is 24.9 Å². The Morgan fingerprint density at radius 2 is 1.64 bits per heavy atom. The van der Waals surface area contributed by atoms with Crippen LogP contribution in [-0.2, 0) is 28.6 Å². The van der Waals surface area contributed by atoms with Crippen LogP contribution in [0.3, 0.4) is 0 Å². The highest BCUT2D eigenvalue weighted by Crippen LogP contribution is 2.63. The first-order valence-electron chi connectivity index (χ1n) is 14.6. The Morgan fingerprint density at radius 3 is 2.23 bits per heavy atom. The number of carbonyl (C=O) groups is 3. The third-order valence-electron chi connectivity index (χ3n) is 8.58. The molecule has 6 atom stereocenters. The molecule has 6 unspecified atom stereocenters. The number of hydrogen-bond acceptors (Lipinski definition) is 7. The van der Waals surface area contributed by atoms with Crippen molar-refractivity contribution in [3.05, 3.63) is 0 Å². The predicted molar refractivity (Wildman–Crippen MR) is 143 cm³/mol. The molecular weight excluding hydrogens is 533 g/mol. The number of rotatable bonds is 17. The van der Waals surface area contributed by atoms with Gasteiger partial charge in [0, 0.05) is 17.6 Å². The van der Waals surface area contributed by atoms with E-state index in [1.54, 1.807) is 11.8 Å². The van der Waals surface area contributed by atoms with Crippen LogP contribution in [0.2, 0.25) is 0 Å². The van der Waals surface area contributed by atoms with Crippen LogP contribution in [0.5, 0.6) is 0 Å². The molecule has 0 aromatic carbocycles. The van der Waals surface area contributed by atoms with Crippen LogP contribution >= 0.6 is 11.8 Å². The van der Waals surface area contributed by atoms with E-state index in [0.29, 0.717) is 12.2 Å². The van der Waals surface area contributed by atoms with Crippen LogP contribution in [0.25, 0.3) is 0 Å². The molecule has 1 heterocycles. The molecule has 3 fully saturated rings. The van der Waals surface area contributed by atoms with E-state index in [9.17, 15) is 27.6 Å². The first kappa shape index (κ1) is 32.1. The molecule has 1 saturated heterocycles. The second kappa shape index (κ2) is 13.5. The fraction of sp³-hybridized carbons (Fsp3) is 0.897. The van der Waals surface area contributed by atoms with E-state index in [1.807, 2.05) is 13.8 Å². The van der Waals surface area contributed by atoms with Gasteiger partial charge < -0.3 is 14.2 Å². The van der Waals surface area contributed by atoms with Gasteiger partial charge in [0.15, 0.2) is 11.5 Å². The van der Waals surface area contributed by atoms with Crippen LogP contribution in [0.4, 0.5) is 13.2 Å². The van der Waals surface area contributed by atoms with Gasteiger partial charge >= 0.3 is 24.1 Å². The van der Waals surface area contributed by atoms with Crippen LogP contribution in [0.15, 0.2) is 0 Å². The lowest BCUT2D eigenvalue weighted by atomic mass is 9.73. The van der Waals surface area contributed by atoms with E-state index in [-0.39, 0.29) is 12.3 Å². The van der Waals surface area contributed by atoms with E-state index < -0.39 is 59.1 Å². The number of unbranched alkanes of at least 4 members (excludes halogenated alkanes) is 9. The highest BCUT2D eigenvalue weighted by Gasteiger charge is 2.75. The minimum Gasteiger partial charge on any atom is -0.458 e. The van der Waals surface area contributed by atoms with E-state index in [2.05, 4.69) is 11.7 Å². The van der Waals surface area contributed by atoms with Gasteiger partial charge in [0.05, 0.1) is 5.41 Å². The molecule has 6 nitrogen and oxygen atoms in total. The molecule has 0 spiro atoms. The summed E-state index contributed by atoms with van der Waals surface area (Å²) in [6, 6.07) is 0. The van der Waals surface area contributed by atoms with Crippen molar-refractivity contribution in [2.75, 3.05) is 11.5 Å². The lowest BCUT2D eigenvalue weighted by Crippen LogP contribution is -2.48. The largest absolute Gasteiger partial charge is 0.458 e. The molecule has 1 aliphatic heterocycles. The monoisotopic (exact) mass is 578 g/mol. The molecule has 2 saturated carbocycles. The summed E-state index contributed by atoms with van der Waals surface area (Å²) in [7, 11) is 0. The number of esters is 3. The Labute approximate surface area is 234 Å².